The maximum atomic E-state index is 12.0. The second kappa shape index (κ2) is 12.2. The lowest BCUT2D eigenvalue weighted by molar-refractivity contribution is -0.130. The maximum absolute atomic E-state index is 12.0. The van der Waals surface area contributed by atoms with E-state index in [4.69, 9.17) is 4.74 Å². The maximum Gasteiger partial charge on any atom is 0.222 e. The van der Waals surface area contributed by atoms with Crippen LogP contribution in [-0.2, 0) is 4.79 Å². The molecule has 2 N–H and O–H groups in total. The number of nitrogens with zero attached hydrogens (tertiary/aromatic N) is 2. The lowest BCUT2D eigenvalue weighted by Crippen LogP contribution is -2.39. The fraction of sp³-hybridized carbons (Fsp3) is 0.619. The Bertz CT molecular complexity index is 586. The molecule has 1 amide bonds. The molecule has 0 unspecified atom stereocenters. The summed E-state index contributed by atoms with van der Waals surface area (Å²) in [6, 6.07) is 8.06. The summed E-state index contributed by atoms with van der Waals surface area (Å²) in [6.07, 6.45) is 4.92. The van der Waals surface area contributed by atoms with Crippen molar-refractivity contribution in [3.8, 4) is 5.75 Å². The number of aliphatic imine (C=N–C) groups is 1. The van der Waals surface area contributed by atoms with Crippen LogP contribution < -0.4 is 15.4 Å². The molecule has 27 heavy (non-hydrogen) atoms. The normalized spacial score (nSPS) is 15.4. The van der Waals surface area contributed by atoms with E-state index < -0.39 is 0 Å². The van der Waals surface area contributed by atoms with Crippen molar-refractivity contribution in [3.05, 3.63) is 29.8 Å². The number of likely N-dealkylation sites (tertiary alicyclic amines) is 1. The first-order valence-corrected chi connectivity index (χ1v) is 10.2. The van der Waals surface area contributed by atoms with Crippen molar-refractivity contribution in [2.24, 2.45) is 4.99 Å². The molecule has 1 fully saturated rings. The number of carbonyl (C=O) groups is 1. The van der Waals surface area contributed by atoms with Gasteiger partial charge in [-0.25, -0.2) is 0 Å². The van der Waals surface area contributed by atoms with E-state index in [1.54, 1.807) is 0 Å². The highest BCUT2D eigenvalue weighted by atomic mass is 16.5. The topological polar surface area (TPSA) is 66.0 Å². The zero-order valence-corrected chi connectivity index (χ0v) is 16.8. The van der Waals surface area contributed by atoms with Crippen molar-refractivity contribution >= 4 is 11.9 Å². The number of ether oxygens (including phenoxy) is 1. The third kappa shape index (κ3) is 8.33. The van der Waals surface area contributed by atoms with Gasteiger partial charge in [0.25, 0.3) is 0 Å². The molecule has 0 atom stereocenters. The fourth-order valence-electron chi connectivity index (χ4n) is 3.04. The van der Waals surface area contributed by atoms with Gasteiger partial charge in [0.2, 0.25) is 5.91 Å². The Labute approximate surface area is 163 Å². The van der Waals surface area contributed by atoms with Gasteiger partial charge in [-0.2, -0.15) is 0 Å². The highest BCUT2D eigenvalue weighted by Crippen LogP contribution is 2.11. The standard InChI is InChI=1S/C21H34N4O2/c1-3-22-21(24-14-17-27-19-11-9-18(2)10-12-19)23-13-7-16-25-15-6-4-5-8-20(25)26/h9-12H,3-8,13-17H2,1-2H3,(H2,22,23,24). The molecule has 1 aliphatic heterocycles. The zero-order chi connectivity index (χ0) is 19.3. The van der Waals surface area contributed by atoms with Crippen molar-refractivity contribution in [3.63, 3.8) is 0 Å². The van der Waals surface area contributed by atoms with Gasteiger partial charge in [0.1, 0.15) is 12.4 Å². The molecule has 1 aromatic carbocycles. The van der Waals surface area contributed by atoms with Crippen LogP contribution in [0.3, 0.4) is 0 Å². The van der Waals surface area contributed by atoms with Crippen LogP contribution in [-0.4, -0.2) is 56.1 Å². The highest BCUT2D eigenvalue weighted by Gasteiger charge is 2.15. The van der Waals surface area contributed by atoms with Crippen LogP contribution in [0.1, 0.15) is 44.6 Å². The predicted molar refractivity (Wildman–Crippen MR) is 110 cm³/mol. The molecule has 0 bridgehead atoms. The van der Waals surface area contributed by atoms with Crippen LogP contribution in [0.5, 0.6) is 5.75 Å². The third-order valence-electron chi connectivity index (χ3n) is 4.56. The van der Waals surface area contributed by atoms with Crippen molar-refractivity contribution < 1.29 is 9.53 Å². The lowest BCUT2D eigenvalue weighted by atomic mass is 10.2. The molecule has 2 rings (SSSR count). The van der Waals surface area contributed by atoms with Gasteiger partial charge in [-0.15, -0.1) is 0 Å². The average Bonchev–Trinajstić information content (AvgIpc) is 2.88. The van der Waals surface area contributed by atoms with Crippen LogP contribution in [0, 0.1) is 6.92 Å². The minimum absolute atomic E-state index is 0.301. The molecule has 0 radical (unpaired) electrons. The van der Waals surface area contributed by atoms with Gasteiger partial charge in [0.15, 0.2) is 5.96 Å². The van der Waals surface area contributed by atoms with Crippen molar-refractivity contribution in [2.45, 2.75) is 46.0 Å². The van der Waals surface area contributed by atoms with Crippen LogP contribution in [0.2, 0.25) is 0 Å². The van der Waals surface area contributed by atoms with Crippen molar-refractivity contribution in [1.82, 2.24) is 15.5 Å². The van der Waals surface area contributed by atoms with Gasteiger partial charge in [0.05, 0.1) is 6.54 Å². The second-order valence-electron chi connectivity index (χ2n) is 6.89. The summed E-state index contributed by atoms with van der Waals surface area (Å²) >= 11 is 0. The molecule has 1 saturated heterocycles. The zero-order valence-electron chi connectivity index (χ0n) is 16.8. The molecule has 0 aliphatic carbocycles. The number of hydrogen-bond donors (Lipinski definition) is 2. The van der Waals surface area contributed by atoms with E-state index in [-0.39, 0.29) is 0 Å². The van der Waals surface area contributed by atoms with Crippen molar-refractivity contribution in [2.75, 3.05) is 39.3 Å². The van der Waals surface area contributed by atoms with Crippen LogP contribution in [0.15, 0.2) is 29.3 Å². The summed E-state index contributed by atoms with van der Waals surface area (Å²) in [6.45, 7) is 8.60. The number of hydrogen-bond acceptors (Lipinski definition) is 3. The highest BCUT2D eigenvalue weighted by molar-refractivity contribution is 5.79. The predicted octanol–water partition coefficient (Wildman–Crippen LogP) is 2.72. The summed E-state index contributed by atoms with van der Waals surface area (Å²) in [7, 11) is 0. The van der Waals surface area contributed by atoms with Gasteiger partial charge in [-0.3, -0.25) is 9.79 Å². The number of carbonyl (C=O) groups excluding carboxylic acids is 1. The molecule has 0 aromatic heterocycles. The molecule has 6 nitrogen and oxygen atoms in total. The van der Waals surface area contributed by atoms with E-state index >= 15 is 0 Å². The van der Waals surface area contributed by atoms with Crippen LogP contribution in [0.25, 0.3) is 0 Å². The third-order valence-corrected chi connectivity index (χ3v) is 4.56. The van der Waals surface area contributed by atoms with Gasteiger partial charge < -0.3 is 20.3 Å². The van der Waals surface area contributed by atoms with E-state index in [0.717, 1.165) is 50.6 Å². The van der Waals surface area contributed by atoms with Gasteiger partial charge >= 0.3 is 0 Å². The van der Waals surface area contributed by atoms with Crippen LogP contribution in [0.4, 0.5) is 0 Å². The summed E-state index contributed by atoms with van der Waals surface area (Å²) < 4.78 is 5.73. The molecule has 1 aromatic rings. The molecule has 1 heterocycles. The molecule has 0 saturated carbocycles. The van der Waals surface area contributed by atoms with E-state index in [9.17, 15) is 4.79 Å². The Morgan fingerprint density at radius 1 is 1.19 bits per heavy atom. The summed E-state index contributed by atoms with van der Waals surface area (Å²) in [5.41, 5.74) is 1.23. The first kappa shape index (κ1) is 21.1. The molecule has 1 aliphatic rings. The average molecular weight is 375 g/mol. The summed E-state index contributed by atoms with van der Waals surface area (Å²) in [5, 5.41) is 6.54. The smallest absolute Gasteiger partial charge is 0.222 e. The second-order valence-corrected chi connectivity index (χ2v) is 6.89. The first-order chi connectivity index (χ1) is 13.2. The Balaban J connectivity index is 1.66. The molecular weight excluding hydrogens is 340 g/mol. The SMILES string of the molecule is CCNC(=NCCCN1CCCCCC1=O)NCCOc1ccc(C)cc1. The number of benzene rings is 1. The number of aryl methyl sites for hydroxylation is 1. The van der Waals surface area contributed by atoms with E-state index in [0.29, 0.717) is 32.0 Å². The van der Waals surface area contributed by atoms with E-state index in [1.165, 1.54) is 12.0 Å². The molecule has 0 spiro atoms. The van der Waals surface area contributed by atoms with Gasteiger partial charge in [-0.1, -0.05) is 24.1 Å². The fourth-order valence-corrected chi connectivity index (χ4v) is 3.04. The van der Waals surface area contributed by atoms with E-state index in [1.807, 2.05) is 29.2 Å². The van der Waals surface area contributed by atoms with Crippen LogP contribution >= 0.6 is 0 Å². The van der Waals surface area contributed by atoms with Gasteiger partial charge in [0, 0.05) is 32.6 Å². The molecular formula is C21H34N4O2. The van der Waals surface area contributed by atoms with Gasteiger partial charge in [-0.05, 0) is 45.2 Å². The Kier molecular flexibility index (Phi) is 9.52. The molecule has 6 heteroatoms. The number of amides is 1. The monoisotopic (exact) mass is 374 g/mol. The minimum atomic E-state index is 0.301. The molecule has 150 valence electrons. The van der Waals surface area contributed by atoms with Crippen molar-refractivity contribution in [1.29, 1.82) is 0 Å². The number of nitrogens with one attached hydrogen (secondary N) is 2. The number of rotatable bonds is 9. The summed E-state index contributed by atoms with van der Waals surface area (Å²) in [4.78, 5) is 18.6. The summed E-state index contributed by atoms with van der Waals surface area (Å²) in [5.74, 6) is 1.98. The first-order valence-electron chi connectivity index (χ1n) is 10.2. The van der Waals surface area contributed by atoms with E-state index in [2.05, 4.69) is 29.5 Å². The Hall–Kier alpha value is -2.24. The number of guanidine groups is 1. The largest absolute Gasteiger partial charge is 0.492 e. The Morgan fingerprint density at radius 2 is 2.00 bits per heavy atom. The quantitative estimate of drug-likeness (QED) is 0.396. The lowest BCUT2D eigenvalue weighted by Gasteiger charge is -2.20. The minimum Gasteiger partial charge on any atom is -0.492 e. The Morgan fingerprint density at radius 3 is 2.78 bits per heavy atom.